The highest BCUT2D eigenvalue weighted by Gasteiger charge is 2.30. The fourth-order valence-corrected chi connectivity index (χ4v) is 2.36. The van der Waals surface area contributed by atoms with Gasteiger partial charge in [0.25, 0.3) is 0 Å². The van der Waals surface area contributed by atoms with Crippen molar-refractivity contribution >= 4 is 18.3 Å². The number of carbonyl (C=O) groups is 1. The Hall–Kier alpha value is -1.88. The zero-order chi connectivity index (χ0) is 16.7. The van der Waals surface area contributed by atoms with Gasteiger partial charge in [-0.05, 0) is 30.5 Å². The summed E-state index contributed by atoms with van der Waals surface area (Å²) in [6.45, 7) is 5.33. The van der Waals surface area contributed by atoms with Crippen LogP contribution in [0.3, 0.4) is 0 Å². The van der Waals surface area contributed by atoms with Crippen LogP contribution in [0.1, 0.15) is 30.5 Å². The van der Waals surface area contributed by atoms with E-state index in [9.17, 15) is 4.79 Å². The lowest BCUT2D eigenvalue weighted by Gasteiger charge is -2.24. The number of hydrogen-bond acceptors (Lipinski definition) is 3. The van der Waals surface area contributed by atoms with Crippen molar-refractivity contribution in [2.75, 3.05) is 6.61 Å². The van der Waals surface area contributed by atoms with E-state index in [1.54, 1.807) is 6.92 Å². The van der Waals surface area contributed by atoms with Gasteiger partial charge in [-0.3, -0.25) is 4.79 Å². The van der Waals surface area contributed by atoms with Crippen LogP contribution in [-0.2, 0) is 28.2 Å². The summed E-state index contributed by atoms with van der Waals surface area (Å²) in [6, 6.07) is 17.3. The van der Waals surface area contributed by atoms with Gasteiger partial charge in [-0.15, -0.1) is 12.4 Å². The molecule has 0 aromatic heterocycles. The van der Waals surface area contributed by atoms with Crippen LogP contribution in [0.5, 0.6) is 0 Å². The fraction of sp³-hybridized carbons (Fsp3) is 0.316. The zero-order valence-electron chi connectivity index (χ0n) is 14.1. The van der Waals surface area contributed by atoms with Gasteiger partial charge in [0, 0.05) is 13.2 Å². The minimum Gasteiger partial charge on any atom is -0.377 e. The topological polar surface area (TPSA) is 64.3 Å². The number of hydrogen-bond donors (Lipinski definition) is 2. The Labute approximate surface area is 149 Å². The maximum absolute atomic E-state index is 12.5. The predicted molar refractivity (Wildman–Crippen MR) is 98.8 cm³/mol. The van der Waals surface area contributed by atoms with E-state index in [1.165, 1.54) is 0 Å². The van der Waals surface area contributed by atoms with Gasteiger partial charge in [0.2, 0.25) is 5.91 Å². The quantitative estimate of drug-likeness (QED) is 0.808. The van der Waals surface area contributed by atoms with Crippen LogP contribution in [0.15, 0.2) is 54.6 Å². The molecule has 0 aliphatic carbocycles. The number of benzene rings is 2. The molecule has 1 amide bonds. The number of halogens is 1. The first-order valence-corrected chi connectivity index (χ1v) is 7.83. The fourth-order valence-electron chi connectivity index (χ4n) is 2.36. The number of nitrogens with two attached hydrogens (primary N) is 1. The van der Waals surface area contributed by atoms with Crippen molar-refractivity contribution in [3.05, 3.63) is 71.3 Å². The minimum atomic E-state index is -1.06. The highest BCUT2D eigenvalue weighted by atomic mass is 35.5. The first-order valence-electron chi connectivity index (χ1n) is 7.83. The second-order valence-electron chi connectivity index (χ2n) is 5.66. The number of nitrogens with one attached hydrogen (secondary N) is 1. The monoisotopic (exact) mass is 348 g/mol. The summed E-state index contributed by atoms with van der Waals surface area (Å²) in [7, 11) is 0. The van der Waals surface area contributed by atoms with Crippen molar-refractivity contribution in [2.24, 2.45) is 5.73 Å². The smallest absolute Gasteiger partial charge is 0.244 e. The zero-order valence-corrected chi connectivity index (χ0v) is 14.9. The van der Waals surface area contributed by atoms with Gasteiger partial charge in [0.05, 0.1) is 6.61 Å². The molecular formula is C19H25ClN2O2. The molecule has 2 rings (SSSR count). The van der Waals surface area contributed by atoms with Crippen molar-refractivity contribution in [3.63, 3.8) is 0 Å². The first-order chi connectivity index (χ1) is 11.1. The summed E-state index contributed by atoms with van der Waals surface area (Å²) in [5.41, 5.74) is 8.08. The second-order valence-corrected chi connectivity index (χ2v) is 5.66. The number of ether oxygens (including phenoxy) is 1. The maximum atomic E-state index is 12.5. The third-order valence-electron chi connectivity index (χ3n) is 3.86. The number of amides is 1. The van der Waals surface area contributed by atoms with Gasteiger partial charge in [-0.1, -0.05) is 54.6 Å². The third-order valence-corrected chi connectivity index (χ3v) is 3.86. The van der Waals surface area contributed by atoms with Crippen LogP contribution in [0.25, 0.3) is 0 Å². The molecule has 24 heavy (non-hydrogen) atoms. The summed E-state index contributed by atoms with van der Waals surface area (Å²) >= 11 is 0. The van der Waals surface area contributed by atoms with Crippen LogP contribution < -0.4 is 11.1 Å². The Kier molecular flexibility index (Phi) is 7.92. The van der Waals surface area contributed by atoms with E-state index in [-0.39, 0.29) is 18.3 Å². The molecule has 1 unspecified atom stereocenters. The summed E-state index contributed by atoms with van der Waals surface area (Å²) < 4.78 is 5.47. The molecule has 0 saturated heterocycles. The molecule has 0 fully saturated rings. The molecule has 2 aromatic rings. The van der Waals surface area contributed by atoms with Crippen LogP contribution in [-0.4, -0.2) is 12.5 Å². The van der Waals surface area contributed by atoms with E-state index in [4.69, 9.17) is 10.5 Å². The maximum Gasteiger partial charge on any atom is 0.244 e. The third kappa shape index (κ3) is 5.06. The molecule has 5 heteroatoms. The van der Waals surface area contributed by atoms with Crippen molar-refractivity contribution in [1.29, 1.82) is 0 Å². The molecule has 0 heterocycles. The second kappa shape index (κ2) is 9.42. The van der Waals surface area contributed by atoms with Crippen LogP contribution in [0.4, 0.5) is 0 Å². The average Bonchev–Trinajstić information content (AvgIpc) is 2.59. The van der Waals surface area contributed by atoms with Crippen LogP contribution in [0.2, 0.25) is 0 Å². The normalized spacial score (nSPS) is 12.8. The Morgan fingerprint density at radius 1 is 1.08 bits per heavy atom. The van der Waals surface area contributed by atoms with E-state index in [0.29, 0.717) is 19.8 Å². The standard InChI is InChI=1S/C19H24N2O2.ClH/c1-3-23-14-16-10-8-7-9-15(16)13-21-18(22)19(2,20)17-11-5-4-6-12-17;/h4-12H,3,13-14,20H2,1-2H3,(H,21,22);1H. The molecule has 0 bridgehead atoms. The first kappa shape index (κ1) is 20.2. The largest absolute Gasteiger partial charge is 0.377 e. The SMILES string of the molecule is CCOCc1ccccc1CNC(=O)C(C)(N)c1ccccc1.Cl. The van der Waals surface area contributed by atoms with E-state index in [1.807, 2.05) is 61.5 Å². The lowest BCUT2D eigenvalue weighted by Crippen LogP contribution is -2.48. The molecule has 4 nitrogen and oxygen atoms in total. The van der Waals surface area contributed by atoms with Gasteiger partial charge in [0.1, 0.15) is 5.54 Å². The van der Waals surface area contributed by atoms with Crippen molar-refractivity contribution < 1.29 is 9.53 Å². The molecular weight excluding hydrogens is 324 g/mol. The van der Waals surface area contributed by atoms with E-state index < -0.39 is 5.54 Å². The van der Waals surface area contributed by atoms with Crippen molar-refractivity contribution in [1.82, 2.24) is 5.32 Å². The van der Waals surface area contributed by atoms with Gasteiger partial charge in [-0.2, -0.15) is 0 Å². The molecule has 0 aliphatic heterocycles. The summed E-state index contributed by atoms with van der Waals surface area (Å²) in [4.78, 5) is 12.5. The molecule has 0 spiro atoms. The Morgan fingerprint density at radius 2 is 1.67 bits per heavy atom. The lowest BCUT2D eigenvalue weighted by molar-refractivity contribution is -0.126. The van der Waals surface area contributed by atoms with E-state index in [0.717, 1.165) is 16.7 Å². The molecule has 2 aromatic carbocycles. The van der Waals surface area contributed by atoms with Gasteiger partial charge < -0.3 is 15.8 Å². The summed E-state index contributed by atoms with van der Waals surface area (Å²) in [5.74, 6) is -0.199. The Bertz CT molecular complexity index is 645. The number of rotatable bonds is 7. The van der Waals surface area contributed by atoms with Gasteiger partial charge >= 0.3 is 0 Å². The Morgan fingerprint density at radius 3 is 2.29 bits per heavy atom. The summed E-state index contributed by atoms with van der Waals surface area (Å²) in [6.07, 6.45) is 0. The van der Waals surface area contributed by atoms with Crippen LogP contribution in [0, 0.1) is 0 Å². The Balaban J connectivity index is 0.00000288. The van der Waals surface area contributed by atoms with Crippen molar-refractivity contribution in [2.45, 2.75) is 32.5 Å². The van der Waals surface area contributed by atoms with Crippen molar-refractivity contribution in [3.8, 4) is 0 Å². The lowest BCUT2D eigenvalue weighted by atomic mass is 9.92. The van der Waals surface area contributed by atoms with E-state index in [2.05, 4.69) is 5.32 Å². The van der Waals surface area contributed by atoms with Crippen LogP contribution >= 0.6 is 12.4 Å². The summed E-state index contributed by atoms with van der Waals surface area (Å²) in [5, 5.41) is 2.94. The molecule has 0 radical (unpaired) electrons. The molecule has 0 aliphatic rings. The number of carbonyl (C=O) groups excluding carboxylic acids is 1. The van der Waals surface area contributed by atoms with Gasteiger partial charge in [0.15, 0.2) is 0 Å². The average molecular weight is 349 g/mol. The van der Waals surface area contributed by atoms with E-state index >= 15 is 0 Å². The highest BCUT2D eigenvalue weighted by molar-refractivity contribution is 5.87. The molecule has 3 N–H and O–H groups in total. The molecule has 0 saturated carbocycles. The molecule has 1 atom stereocenters. The minimum absolute atomic E-state index is 0. The highest BCUT2D eigenvalue weighted by Crippen LogP contribution is 2.18. The predicted octanol–water partition coefficient (Wildman–Crippen LogP) is 3.14. The molecule has 130 valence electrons. The van der Waals surface area contributed by atoms with Gasteiger partial charge in [-0.25, -0.2) is 0 Å².